The predicted octanol–water partition coefficient (Wildman–Crippen LogP) is 2.60. The van der Waals surface area contributed by atoms with Crippen LogP contribution in [0.2, 0.25) is 10.0 Å². The summed E-state index contributed by atoms with van der Waals surface area (Å²) >= 11 is 12.0. The number of aromatic amines is 1. The lowest BCUT2D eigenvalue weighted by Gasteiger charge is -2.25. The molecule has 3 rings (SSSR count). The van der Waals surface area contributed by atoms with E-state index in [1.54, 1.807) is 25.1 Å². The number of benzene rings is 1. The number of hydrogen-bond donors (Lipinski definition) is 2. The molecule has 0 spiro atoms. The summed E-state index contributed by atoms with van der Waals surface area (Å²) in [6.45, 7) is 1.62. The van der Waals surface area contributed by atoms with Crippen molar-refractivity contribution in [3.8, 4) is 11.9 Å². The van der Waals surface area contributed by atoms with E-state index in [1.165, 1.54) is 0 Å². The summed E-state index contributed by atoms with van der Waals surface area (Å²) < 4.78 is 5.35. The Labute approximate surface area is 141 Å². The highest BCUT2D eigenvalue weighted by Crippen LogP contribution is 2.40. The molecule has 2 heterocycles. The summed E-state index contributed by atoms with van der Waals surface area (Å²) in [6, 6.07) is 6.85. The Morgan fingerprint density at radius 2 is 2.13 bits per heavy atom. The highest BCUT2D eigenvalue weighted by atomic mass is 35.5. The number of nitrogens with two attached hydrogens (primary N) is 1. The Hall–Kier alpha value is -2.49. The molecule has 0 fully saturated rings. The summed E-state index contributed by atoms with van der Waals surface area (Å²) in [5.41, 5.74) is 6.35. The predicted molar refractivity (Wildman–Crippen MR) is 85.4 cm³/mol. The van der Waals surface area contributed by atoms with Crippen molar-refractivity contribution < 1.29 is 4.74 Å². The third kappa shape index (κ3) is 2.54. The van der Waals surface area contributed by atoms with Gasteiger partial charge in [0.05, 0.1) is 21.5 Å². The molecule has 0 saturated heterocycles. The second-order valence-electron chi connectivity index (χ2n) is 4.97. The number of nitrogens with one attached hydrogen (secondary N) is 1. The molecule has 23 heavy (non-hydrogen) atoms. The molecular weight excluding hydrogens is 339 g/mol. The highest BCUT2D eigenvalue weighted by molar-refractivity contribution is 6.42. The SMILES string of the molecule is Cc1nc2c(c(=O)[nH]1)C(c1ccc(Cl)c(Cl)c1)C(C#N)=C(N)O2. The van der Waals surface area contributed by atoms with E-state index in [4.69, 9.17) is 33.7 Å². The average Bonchev–Trinajstić information content (AvgIpc) is 2.48. The van der Waals surface area contributed by atoms with Gasteiger partial charge < -0.3 is 15.5 Å². The van der Waals surface area contributed by atoms with Crippen LogP contribution >= 0.6 is 23.2 Å². The van der Waals surface area contributed by atoms with E-state index in [2.05, 4.69) is 9.97 Å². The van der Waals surface area contributed by atoms with Crippen LogP contribution in [0.4, 0.5) is 0 Å². The summed E-state index contributed by atoms with van der Waals surface area (Å²) in [7, 11) is 0. The van der Waals surface area contributed by atoms with Crippen molar-refractivity contribution in [1.82, 2.24) is 9.97 Å². The molecule has 3 N–H and O–H groups in total. The zero-order valence-electron chi connectivity index (χ0n) is 11.9. The molecule has 0 saturated carbocycles. The minimum Gasteiger partial charge on any atom is -0.422 e. The van der Waals surface area contributed by atoms with Gasteiger partial charge >= 0.3 is 0 Å². The van der Waals surface area contributed by atoms with Crippen molar-refractivity contribution in [2.45, 2.75) is 12.8 Å². The lowest BCUT2D eigenvalue weighted by molar-refractivity contribution is 0.373. The second kappa shape index (κ2) is 5.61. The number of aryl methyl sites for hydroxylation is 1. The van der Waals surface area contributed by atoms with Crippen molar-refractivity contribution >= 4 is 23.2 Å². The molecule has 1 aliphatic heterocycles. The van der Waals surface area contributed by atoms with Gasteiger partial charge in [0.1, 0.15) is 17.5 Å². The van der Waals surface area contributed by atoms with Crippen molar-refractivity contribution in [2.75, 3.05) is 0 Å². The number of nitriles is 1. The molecule has 1 aromatic heterocycles. The van der Waals surface area contributed by atoms with Crippen molar-refractivity contribution in [3.05, 3.63) is 67.0 Å². The first-order chi connectivity index (χ1) is 10.9. The van der Waals surface area contributed by atoms with Gasteiger partial charge in [-0.2, -0.15) is 10.2 Å². The van der Waals surface area contributed by atoms with Crippen LogP contribution in [0.25, 0.3) is 0 Å². The summed E-state index contributed by atoms with van der Waals surface area (Å²) in [6.07, 6.45) is 0. The first-order valence-electron chi connectivity index (χ1n) is 6.55. The zero-order chi connectivity index (χ0) is 16.7. The zero-order valence-corrected chi connectivity index (χ0v) is 13.4. The number of halogens is 2. The van der Waals surface area contributed by atoms with Gasteiger partial charge in [-0.15, -0.1) is 0 Å². The lowest BCUT2D eigenvalue weighted by Crippen LogP contribution is -2.29. The van der Waals surface area contributed by atoms with E-state index in [0.29, 0.717) is 21.4 Å². The van der Waals surface area contributed by atoms with E-state index < -0.39 is 11.5 Å². The molecule has 0 aliphatic carbocycles. The van der Waals surface area contributed by atoms with Crippen LogP contribution in [-0.2, 0) is 0 Å². The minimum atomic E-state index is -0.727. The monoisotopic (exact) mass is 348 g/mol. The molecule has 1 aromatic carbocycles. The number of aromatic nitrogens is 2. The molecule has 8 heteroatoms. The molecule has 1 unspecified atom stereocenters. The first kappa shape index (κ1) is 15.4. The summed E-state index contributed by atoms with van der Waals surface area (Å²) in [5, 5.41) is 10.1. The maximum atomic E-state index is 12.4. The van der Waals surface area contributed by atoms with Crippen molar-refractivity contribution in [3.63, 3.8) is 0 Å². The maximum Gasteiger partial charge on any atom is 0.258 e. The Bertz CT molecular complexity index is 943. The van der Waals surface area contributed by atoms with Crippen LogP contribution in [-0.4, -0.2) is 9.97 Å². The number of nitrogens with zero attached hydrogens (tertiary/aromatic N) is 2. The Morgan fingerprint density at radius 1 is 1.39 bits per heavy atom. The van der Waals surface area contributed by atoms with Crippen LogP contribution < -0.4 is 16.0 Å². The van der Waals surface area contributed by atoms with E-state index in [0.717, 1.165) is 0 Å². The van der Waals surface area contributed by atoms with Gasteiger partial charge in [-0.3, -0.25) is 4.79 Å². The quantitative estimate of drug-likeness (QED) is 0.823. The number of hydrogen-bond acceptors (Lipinski definition) is 5. The highest BCUT2D eigenvalue weighted by Gasteiger charge is 2.34. The van der Waals surface area contributed by atoms with E-state index in [9.17, 15) is 10.1 Å². The van der Waals surface area contributed by atoms with Gasteiger partial charge in [-0.05, 0) is 24.6 Å². The van der Waals surface area contributed by atoms with Gasteiger partial charge in [-0.25, -0.2) is 0 Å². The second-order valence-corrected chi connectivity index (χ2v) is 5.78. The van der Waals surface area contributed by atoms with Crippen molar-refractivity contribution in [2.24, 2.45) is 5.73 Å². The van der Waals surface area contributed by atoms with Crippen LogP contribution in [0, 0.1) is 18.3 Å². The molecule has 0 bridgehead atoms. The Kier molecular flexibility index (Phi) is 3.76. The van der Waals surface area contributed by atoms with Crippen molar-refractivity contribution in [1.29, 1.82) is 5.26 Å². The molecule has 0 radical (unpaired) electrons. The van der Waals surface area contributed by atoms with Crippen LogP contribution in [0.15, 0.2) is 34.4 Å². The molecule has 116 valence electrons. The molecule has 2 aromatic rings. The number of H-pyrrole nitrogens is 1. The molecule has 0 amide bonds. The Morgan fingerprint density at radius 3 is 2.78 bits per heavy atom. The molecule has 1 aliphatic rings. The van der Waals surface area contributed by atoms with Crippen LogP contribution in [0.1, 0.15) is 22.9 Å². The van der Waals surface area contributed by atoms with Gasteiger partial charge in [-0.1, -0.05) is 29.3 Å². The summed E-state index contributed by atoms with van der Waals surface area (Å²) in [5.74, 6) is -0.349. The standard InChI is InChI=1S/C15H10Cl2N4O2/c1-6-20-14(22)12-11(7-2-3-9(16)10(17)4-7)8(5-18)13(19)23-15(12)21-6/h2-4,11H,19H2,1H3,(H,20,21,22). The van der Waals surface area contributed by atoms with E-state index >= 15 is 0 Å². The molecular formula is C15H10Cl2N4O2. The lowest BCUT2D eigenvalue weighted by atomic mass is 9.85. The largest absolute Gasteiger partial charge is 0.422 e. The Balaban J connectivity index is 2.31. The third-order valence-corrected chi connectivity index (χ3v) is 4.22. The maximum absolute atomic E-state index is 12.4. The fourth-order valence-corrected chi connectivity index (χ4v) is 2.80. The van der Waals surface area contributed by atoms with Gasteiger partial charge in [0, 0.05) is 0 Å². The molecule has 6 nitrogen and oxygen atoms in total. The number of rotatable bonds is 1. The van der Waals surface area contributed by atoms with Gasteiger partial charge in [0.15, 0.2) is 0 Å². The summed E-state index contributed by atoms with van der Waals surface area (Å²) in [4.78, 5) is 19.1. The topological polar surface area (TPSA) is 105 Å². The van der Waals surface area contributed by atoms with Gasteiger partial charge in [0.2, 0.25) is 11.8 Å². The number of fused-ring (bicyclic) bond motifs is 1. The first-order valence-corrected chi connectivity index (χ1v) is 7.31. The van der Waals surface area contributed by atoms with Gasteiger partial charge in [0.25, 0.3) is 5.56 Å². The number of allylic oxidation sites excluding steroid dienone is 1. The van der Waals surface area contributed by atoms with Crippen LogP contribution in [0.5, 0.6) is 5.88 Å². The fourth-order valence-electron chi connectivity index (χ4n) is 2.49. The van der Waals surface area contributed by atoms with E-state index in [-0.39, 0.29) is 22.9 Å². The number of ether oxygens (including phenoxy) is 1. The molecule has 1 atom stereocenters. The smallest absolute Gasteiger partial charge is 0.258 e. The van der Waals surface area contributed by atoms with Crippen LogP contribution in [0.3, 0.4) is 0 Å². The van der Waals surface area contributed by atoms with E-state index in [1.807, 2.05) is 6.07 Å². The minimum absolute atomic E-state index is 0.0822. The third-order valence-electron chi connectivity index (χ3n) is 3.49. The normalized spacial score (nSPS) is 16.5. The average molecular weight is 349 g/mol. The fraction of sp³-hybridized carbons (Fsp3) is 0.133.